The van der Waals surface area contributed by atoms with Crippen LogP contribution in [0.3, 0.4) is 0 Å². The molecule has 0 spiro atoms. The zero-order valence-corrected chi connectivity index (χ0v) is 16.2. The Bertz CT molecular complexity index is 824. The molecular weight excluding hydrogens is 376 g/mol. The number of thiophene rings is 1. The Hall–Kier alpha value is -1.78. The van der Waals surface area contributed by atoms with Crippen molar-refractivity contribution >= 4 is 27.3 Å². The van der Waals surface area contributed by atoms with Crippen molar-refractivity contribution in [3.8, 4) is 10.7 Å². The van der Waals surface area contributed by atoms with E-state index in [9.17, 15) is 13.2 Å². The van der Waals surface area contributed by atoms with Gasteiger partial charge in [0.25, 0.3) is 0 Å². The van der Waals surface area contributed by atoms with Gasteiger partial charge in [-0.1, -0.05) is 11.2 Å². The lowest BCUT2D eigenvalue weighted by molar-refractivity contribution is -0.122. The molecule has 0 unspecified atom stereocenters. The van der Waals surface area contributed by atoms with Gasteiger partial charge in [-0.05, 0) is 30.7 Å². The van der Waals surface area contributed by atoms with Crippen molar-refractivity contribution in [3.63, 3.8) is 0 Å². The van der Waals surface area contributed by atoms with Crippen molar-refractivity contribution in [1.82, 2.24) is 19.8 Å². The molecule has 0 aromatic carbocycles. The van der Waals surface area contributed by atoms with Gasteiger partial charge in [0.15, 0.2) is 0 Å². The van der Waals surface area contributed by atoms with Crippen LogP contribution in [0, 0.1) is 0 Å². The number of nitrogens with one attached hydrogen (secondary N) is 1. The zero-order valence-electron chi connectivity index (χ0n) is 14.6. The Kier molecular flexibility index (Phi) is 6.05. The van der Waals surface area contributed by atoms with Crippen LogP contribution < -0.4 is 5.32 Å². The number of aryl methyl sites for hydroxylation is 1. The minimum atomic E-state index is -3.14. The summed E-state index contributed by atoms with van der Waals surface area (Å²) in [5, 5.41) is 8.88. The van der Waals surface area contributed by atoms with Crippen LogP contribution in [0.15, 0.2) is 22.0 Å². The van der Waals surface area contributed by atoms with E-state index in [1.54, 1.807) is 11.3 Å². The second-order valence-corrected chi connectivity index (χ2v) is 9.28. The fraction of sp³-hybridized carbons (Fsp3) is 0.562. The van der Waals surface area contributed by atoms with Crippen molar-refractivity contribution in [2.24, 2.45) is 0 Å². The van der Waals surface area contributed by atoms with E-state index in [1.807, 2.05) is 17.5 Å². The third-order valence-corrected chi connectivity index (χ3v) is 6.46. The molecule has 0 atom stereocenters. The van der Waals surface area contributed by atoms with E-state index in [4.69, 9.17) is 4.52 Å². The van der Waals surface area contributed by atoms with Gasteiger partial charge in [-0.2, -0.15) is 4.98 Å². The molecule has 1 amide bonds. The second kappa shape index (κ2) is 8.28. The molecule has 142 valence electrons. The van der Waals surface area contributed by atoms with Crippen molar-refractivity contribution in [3.05, 3.63) is 23.4 Å². The fourth-order valence-electron chi connectivity index (χ4n) is 2.89. The van der Waals surface area contributed by atoms with E-state index in [0.717, 1.165) is 4.88 Å². The molecule has 2 aromatic heterocycles. The molecule has 1 fully saturated rings. The summed E-state index contributed by atoms with van der Waals surface area (Å²) in [7, 11) is -3.14. The Balaban J connectivity index is 1.37. The lowest BCUT2D eigenvalue weighted by Gasteiger charge is -2.30. The quantitative estimate of drug-likeness (QED) is 0.760. The number of carbonyl (C=O) groups excluding carboxylic acids is 1. The maximum absolute atomic E-state index is 12.1. The molecule has 0 aliphatic carbocycles. The summed E-state index contributed by atoms with van der Waals surface area (Å²) in [5.74, 6) is 1.08. The molecular formula is C16H22N4O4S2. The zero-order chi connectivity index (χ0) is 18.6. The number of aromatic nitrogens is 2. The van der Waals surface area contributed by atoms with Gasteiger partial charge < -0.3 is 9.84 Å². The van der Waals surface area contributed by atoms with Crippen LogP contribution in [0.25, 0.3) is 10.7 Å². The monoisotopic (exact) mass is 398 g/mol. The first-order valence-corrected chi connectivity index (χ1v) is 11.3. The van der Waals surface area contributed by atoms with Crippen molar-refractivity contribution in [1.29, 1.82) is 0 Å². The molecule has 3 heterocycles. The molecule has 2 aromatic rings. The average Bonchev–Trinajstić information content (AvgIpc) is 3.26. The van der Waals surface area contributed by atoms with Gasteiger partial charge in [0, 0.05) is 32.0 Å². The fourth-order valence-corrected chi connectivity index (χ4v) is 4.42. The molecule has 1 saturated heterocycles. The molecule has 0 saturated carbocycles. The molecule has 8 nitrogen and oxygen atoms in total. The highest BCUT2D eigenvalue weighted by Gasteiger charge is 2.25. The van der Waals surface area contributed by atoms with E-state index < -0.39 is 10.0 Å². The third-order valence-electron chi connectivity index (χ3n) is 4.29. The number of carbonyl (C=O) groups is 1. The lowest BCUT2D eigenvalue weighted by atomic mass is 10.1. The average molecular weight is 399 g/mol. The molecule has 1 N–H and O–H groups in total. The second-order valence-electron chi connectivity index (χ2n) is 6.35. The molecule has 3 rings (SSSR count). The number of sulfonamides is 1. The summed E-state index contributed by atoms with van der Waals surface area (Å²) in [6.45, 7) is 0.911. The largest absolute Gasteiger partial charge is 0.353 e. The summed E-state index contributed by atoms with van der Waals surface area (Å²) in [6, 6.07) is 3.90. The van der Waals surface area contributed by atoms with E-state index in [0.29, 0.717) is 56.9 Å². The van der Waals surface area contributed by atoms with Crippen LogP contribution in [-0.2, 0) is 21.2 Å². The summed E-state index contributed by atoms with van der Waals surface area (Å²) >= 11 is 1.55. The first-order chi connectivity index (χ1) is 12.4. The molecule has 0 radical (unpaired) electrons. The Morgan fingerprint density at radius 3 is 2.85 bits per heavy atom. The molecule has 10 heteroatoms. The normalized spacial score (nSPS) is 16.7. The van der Waals surface area contributed by atoms with Gasteiger partial charge in [-0.15, -0.1) is 11.3 Å². The minimum absolute atomic E-state index is 0.0270. The van der Waals surface area contributed by atoms with Gasteiger partial charge in [-0.3, -0.25) is 4.79 Å². The summed E-state index contributed by atoms with van der Waals surface area (Å²) in [4.78, 5) is 17.4. The van der Waals surface area contributed by atoms with E-state index in [2.05, 4.69) is 15.5 Å². The summed E-state index contributed by atoms with van der Waals surface area (Å²) < 4.78 is 29.6. The van der Waals surface area contributed by atoms with Crippen molar-refractivity contribution < 1.29 is 17.7 Å². The lowest BCUT2D eigenvalue weighted by Crippen LogP contribution is -2.46. The predicted molar refractivity (Wildman–Crippen MR) is 98.1 cm³/mol. The van der Waals surface area contributed by atoms with Crippen LogP contribution in [0.2, 0.25) is 0 Å². The SMILES string of the molecule is CS(=O)(=O)N1CCC(NC(=O)CCCc2nc(-c3cccs3)no2)CC1. The van der Waals surface area contributed by atoms with E-state index in [1.165, 1.54) is 10.6 Å². The predicted octanol–water partition coefficient (Wildman–Crippen LogP) is 1.66. The number of piperidine rings is 1. The third kappa shape index (κ3) is 5.12. The Morgan fingerprint density at radius 1 is 1.42 bits per heavy atom. The maximum atomic E-state index is 12.1. The minimum Gasteiger partial charge on any atom is -0.353 e. The van der Waals surface area contributed by atoms with Crippen LogP contribution in [0.5, 0.6) is 0 Å². The highest BCUT2D eigenvalue weighted by molar-refractivity contribution is 7.88. The molecule has 1 aliphatic rings. The van der Waals surface area contributed by atoms with Crippen molar-refractivity contribution in [2.45, 2.75) is 38.1 Å². The van der Waals surface area contributed by atoms with E-state index >= 15 is 0 Å². The number of hydrogen-bond donors (Lipinski definition) is 1. The molecule has 26 heavy (non-hydrogen) atoms. The van der Waals surface area contributed by atoms with Crippen LogP contribution >= 0.6 is 11.3 Å². The standard InChI is InChI=1S/C16H22N4O4S2/c1-26(22,23)20-9-7-12(8-10-20)17-14(21)5-2-6-15-18-16(19-24-15)13-4-3-11-25-13/h3-4,11-12H,2,5-10H2,1H3,(H,17,21). The topological polar surface area (TPSA) is 105 Å². The van der Waals surface area contributed by atoms with Crippen molar-refractivity contribution in [2.75, 3.05) is 19.3 Å². The smallest absolute Gasteiger partial charge is 0.226 e. The van der Waals surface area contributed by atoms with Gasteiger partial charge in [-0.25, -0.2) is 12.7 Å². The number of nitrogens with zero attached hydrogens (tertiary/aromatic N) is 3. The summed E-state index contributed by atoms with van der Waals surface area (Å²) in [5.41, 5.74) is 0. The summed E-state index contributed by atoms with van der Waals surface area (Å²) in [6.07, 6.45) is 4.06. The van der Waals surface area contributed by atoms with Crippen LogP contribution in [-0.4, -0.2) is 54.2 Å². The van der Waals surface area contributed by atoms with Crippen LogP contribution in [0.1, 0.15) is 31.6 Å². The maximum Gasteiger partial charge on any atom is 0.226 e. The highest BCUT2D eigenvalue weighted by atomic mass is 32.2. The first-order valence-electron chi connectivity index (χ1n) is 8.53. The molecule has 0 bridgehead atoms. The highest BCUT2D eigenvalue weighted by Crippen LogP contribution is 2.21. The Labute approximate surface area is 156 Å². The first kappa shape index (κ1) is 19.0. The number of amides is 1. The van der Waals surface area contributed by atoms with Gasteiger partial charge in [0.05, 0.1) is 11.1 Å². The number of rotatable bonds is 7. The van der Waals surface area contributed by atoms with E-state index in [-0.39, 0.29) is 11.9 Å². The molecule has 1 aliphatic heterocycles. The van der Waals surface area contributed by atoms with Gasteiger partial charge in [0.2, 0.25) is 27.6 Å². The Morgan fingerprint density at radius 2 is 2.19 bits per heavy atom. The van der Waals surface area contributed by atoms with Gasteiger partial charge in [0.1, 0.15) is 0 Å². The van der Waals surface area contributed by atoms with Gasteiger partial charge >= 0.3 is 0 Å². The number of hydrogen-bond acceptors (Lipinski definition) is 7. The van der Waals surface area contributed by atoms with Crippen LogP contribution in [0.4, 0.5) is 0 Å².